The van der Waals surface area contributed by atoms with E-state index in [2.05, 4.69) is 4.98 Å². The highest BCUT2D eigenvalue weighted by Crippen LogP contribution is 2.36. The highest BCUT2D eigenvalue weighted by Gasteiger charge is 2.31. The predicted molar refractivity (Wildman–Crippen MR) is 112 cm³/mol. The SMILES string of the molecule is COc1cc2nc3n(c(=O)c2cc1OC)[C@@H](CS(=O)(=O)c1ccc(Cl)cc1)CS3. The molecule has 0 fully saturated rings. The maximum Gasteiger partial charge on any atom is 0.262 e. The quantitative estimate of drug-likeness (QED) is 0.549. The molecule has 2 heterocycles. The number of rotatable bonds is 5. The topological polar surface area (TPSA) is 87.5 Å². The molecule has 29 heavy (non-hydrogen) atoms. The van der Waals surface area contributed by atoms with Crippen molar-refractivity contribution in [3.05, 3.63) is 51.8 Å². The second kappa shape index (κ2) is 7.55. The van der Waals surface area contributed by atoms with E-state index in [-0.39, 0.29) is 16.2 Å². The molecule has 10 heteroatoms. The minimum Gasteiger partial charge on any atom is -0.493 e. The van der Waals surface area contributed by atoms with E-state index in [9.17, 15) is 13.2 Å². The number of benzene rings is 2. The fourth-order valence-electron chi connectivity index (χ4n) is 3.29. The molecule has 1 aliphatic rings. The number of fused-ring (bicyclic) bond motifs is 2. The number of halogens is 1. The Bertz CT molecular complexity index is 1260. The summed E-state index contributed by atoms with van der Waals surface area (Å²) in [6.45, 7) is 0. The third-order valence-electron chi connectivity index (χ3n) is 4.73. The van der Waals surface area contributed by atoms with E-state index in [0.717, 1.165) is 0 Å². The van der Waals surface area contributed by atoms with Crippen LogP contribution in [0.1, 0.15) is 6.04 Å². The maximum atomic E-state index is 13.2. The summed E-state index contributed by atoms with van der Waals surface area (Å²) in [5.74, 6) is 1.13. The van der Waals surface area contributed by atoms with Crippen molar-refractivity contribution in [2.45, 2.75) is 16.1 Å². The molecule has 7 nitrogen and oxygen atoms in total. The lowest BCUT2D eigenvalue weighted by atomic mass is 10.2. The molecular formula is C19H17ClN2O5S2. The van der Waals surface area contributed by atoms with Crippen molar-refractivity contribution in [3.8, 4) is 11.5 Å². The van der Waals surface area contributed by atoms with Gasteiger partial charge in [-0.2, -0.15) is 0 Å². The first-order valence-electron chi connectivity index (χ1n) is 8.63. The lowest BCUT2D eigenvalue weighted by molar-refractivity contribution is 0.355. The van der Waals surface area contributed by atoms with Crippen LogP contribution in [0.15, 0.2) is 51.2 Å². The molecule has 0 N–H and O–H groups in total. The lowest BCUT2D eigenvalue weighted by Gasteiger charge is -2.15. The van der Waals surface area contributed by atoms with Gasteiger partial charge in [-0.25, -0.2) is 13.4 Å². The molecule has 0 bridgehead atoms. The summed E-state index contributed by atoms with van der Waals surface area (Å²) >= 11 is 7.21. The Balaban J connectivity index is 1.77. The Hall–Kier alpha value is -2.23. The summed E-state index contributed by atoms with van der Waals surface area (Å²) in [5.41, 5.74) is 0.180. The Labute approximate surface area is 176 Å². The van der Waals surface area contributed by atoms with Gasteiger partial charge >= 0.3 is 0 Å². The summed E-state index contributed by atoms with van der Waals surface area (Å²) in [6.07, 6.45) is 0. The average molecular weight is 453 g/mol. The molecule has 0 unspecified atom stereocenters. The van der Waals surface area contributed by atoms with Gasteiger partial charge in [-0.05, 0) is 30.3 Å². The number of aromatic nitrogens is 2. The summed E-state index contributed by atoms with van der Waals surface area (Å²) in [7, 11) is -0.605. The van der Waals surface area contributed by atoms with E-state index >= 15 is 0 Å². The highest BCUT2D eigenvalue weighted by molar-refractivity contribution is 7.99. The molecule has 0 amide bonds. The Morgan fingerprint density at radius 2 is 1.83 bits per heavy atom. The molecule has 1 aliphatic heterocycles. The van der Waals surface area contributed by atoms with Gasteiger partial charge in [0.25, 0.3) is 5.56 Å². The number of hydrogen-bond donors (Lipinski definition) is 0. The zero-order chi connectivity index (χ0) is 20.8. The van der Waals surface area contributed by atoms with Crippen molar-refractivity contribution in [3.63, 3.8) is 0 Å². The highest BCUT2D eigenvalue weighted by atomic mass is 35.5. The zero-order valence-corrected chi connectivity index (χ0v) is 18.0. The minimum absolute atomic E-state index is 0.175. The van der Waals surface area contributed by atoms with E-state index in [1.165, 1.54) is 54.8 Å². The number of thioether (sulfide) groups is 1. The van der Waals surface area contributed by atoms with Gasteiger partial charge in [-0.15, -0.1) is 0 Å². The van der Waals surface area contributed by atoms with Crippen LogP contribution in [0.3, 0.4) is 0 Å². The van der Waals surface area contributed by atoms with Gasteiger partial charge in [0, 0.05) is 16.8 Å². The van der Waals surface area contributed by atoms with Crippen LogP contribution < -0.4 is 15.0 Å². The molecule has 152 valence electrons. The number of sulfone groups is 1. The first kappa shape index (κ1) is 20.1. The van der Waals surface area contributed by atoms with E-state index in [1.807, 2.05) is 0 Å². The molecule has 0 aliphatic carbocycles. The molecular weight excluding hydrogens is 436 g/mol. The second-order valence-electron chi connectivity index (χ2n) is 6.49. The number of ether oxygens (including phenoxy) is 2. The second-order valence-corrected chi connectivity index (χ2v) is 9.95. The van der Waals surface area contributed by atoms with Gasteiger partial charge in [0.2, 0.25) is 0 Å². The van der Waals surface area contributed by atoms with E-state index in [0.29, 0.717) is 38.3 Å². The number of hydrogen-bond acceptors (Lipinski definition) is 7. The predicted octanol–water partition coefficient (Wildman–Crippen LogP) is 3.19. The zero-order valence-electron chi connectivity index (χ0n) is 15.6. The summed E-state index contributed by atoms with van der Waals surface area (Å²) in [5, 5.41) is 1.30. The Morgan fingerprint density at radius 1 is 1.17 bits per heavy atom. The number of nitrogens with zero attached hydrogens (tertiary/aromatic N) is 2. The van der Waals surface area contributed by atoms with Gasteiger partial charge in [-0.1, -0.05) is 23.4 Å². The fraction of sp³-hybridized carbons (Fsp3) is 0.263. The molecule has 1 aromatic heterocycles. The van der Waals surface area contributed by atoms with Crippen molar-refractivity contribution in [2.24, 2.45) is 0 Å². The van der Waals surface area contributed by atoms with Crippen molar-refractivity contribution < 1.29 is 17.9 Å². The summed E-state index contributed by atoms with van der Waals surface area (Å²) in [6, 6.07) is 8.71. The first-order chi connectivity index (χ1) is 13.8. The van der Waals surface area contributed by atoms with Crippen LogP contribution in [0.2, 0.25) is 5.02 Å². The van der Waals surface area contributed by atoms with Gasteiger partial charge in [0.1, 0.15) is 0 Å². The van der Waals surface area contributed by atoms with Gasteiger partial charge < -0.3 is 9.47 Å². The monoisotopic (exact) mass is 452 g/mol. The smallest absolute Gasteiger partial charge is 0.262 e. The maximum absolute atomic E-state index is 13.2. The van der Waals surface area contributed by atoms with Crippen LogP contribution in [0, 0.1) is 0 Å². The Kier molecular flexibility index (Phi) is 5.22. The third kappa shape index (κ3) is 3.58. The molecule has 0 saturated heterocycles. The van der Waals surface area contributed by atoms with Crippen LogP contribution >= 0.6 is 23.4 Å². The van der Waals surface area contributed by atoms with Crippen LogP contribution in [-0.4, -0.2) is 43.7 Å². The van der Waals surface area contributed by atoms with Crippen LogP contribution in [0.4, 0.5) is 0 Å². The molecule has 0 spiro atoms. The minimum atomic E-state index is -3.60. The normalized spacial score (nSPS) is 16.0. The summed E-state index contributed by atoms with van der Waals surface area (Å²) < 4.78 is 37.7. The molecule has 4 rings (SSSR count). The van der Waals surface area contributed by atoms with E-state index in [4.69, 9.17) is 21.1 Å². The Morgan fingerprint density at radius 3 is 2.48 bits per heavy atom. The molecule has 2 aromatic carbocycles. The molecule has 1 atom stereocenters. The standard InChI is InChI=1S/C19H17ClN2O5S2/c1-26-16-7-14-15(8-17(16)27-2)21-19-22(18(14)23)12(9-28-19)10-29(24,25)13-5-3-11(20)4-6-13/h3-8,12H,9-10H2,1-2H3/t12-/m1/s1. The van der Waals surface area contributed by atoms with Crippen LogP contribution in [0.25, 0.3) is 10.9 Å². The largest absolute Gasteiger partial charge is 0.493 e. The molecule has 3 aromatic rings. The van der Waals surface area contributed by atoms with Gasteiger partial charge in [0.15, 0.2) is 26.5 Å². The summed E-state index contributed by atoms with van der Waals surface area (Å²) in [4.78, 5) is 17.9. The van der Waals surface area contributed by atoms with Crippen molar-refractivity contribution in [1.82, 2.24) is 9.55 Å². The van der Waals surface area contributed by atoms with Crippen molar-refractivity contribution >= 4 is 44.1 Å². The fourth-order valence-corrected chi connectivity index (χ4v) is 6.22. The van der Waals surface area contributed by atoms with Crippen LogP contribution in [0.5, 0.6) is 11.5 Å². The van der Waals surface area contributed by atoms with Gasteiger partial charge in [0.05, 0.1) is 41.8 Å². The lowest BCUT2D eigenvalue weighted by Crippen LogP contribution is -2.29. The molecule has 0 saturated carbocycles. The van der Waals surface area contributed by atoms with E-state index < -0.39 is 15.9 Å². The van der Waals surface area contributed by atoms with Crippen molar-refractivity contribution in [1.29, 1.82) is 0 Å². The van der Waals surface area contributed by atoms with Crippen molar-refractivity contribution in [2.75, 3.05) is 25.7 Å². The molecule has 0 radical (unpaired) electrons. The van der Waals surface area contributed by atoms with E-state index in [1.54, 1.807) is 12.1 Å². The number of methoxy groups -OCH3 is 2. The third-order valence-corrected chi connectivity index (χ3v) is 7.89. The average Bonchev–Trinajstić information content (AvgIpc) is 3.09. The first-order valence-corrected chi connectivity index (χ1v) is 11.6. The van der Waals surface area contributed by atoms with Crippen LogP contribution in [-0.2, 0) is 9.84 Å². The van der Waals surface area contributed by atoms with Gasteiger partial charge in [-0.3, -0.25) is 9.36 Å².